The van der Waals surface area contributed by atoms with Crippen LogP contribution in [0.3, 0.4) is 0 Å². The van der Waals surface area contributed by atoms with Gasteiger partial charge in [0.15, 0.2) is 5.96 Å². The van der Waals surface area contributed by atoms with E-state index in [9.17, 15) is 12.8 Å². The summed E-state index contributed by atoms with van der Waals surface area (Å²) in [6, 6.07) is 11.6. The molecule has 0 spiro atoms. The van der Waals surface area contributed by atoms with Crippen LogP contribution in [-0.4, -0.2) is 46.1 Å². The Hall–Kier alpha value is -2.10. The summed E-state index contributed by atoms with van der Waals surface area (Å²) in [5, 5.41) is 6.35. The van der Waals surface area contributed by atoms with E-state index in [0.717, 1.165) is 16.9 Å². The maximum absolute atomic E-state index is 13.5. The highest BCUT2D eigenvalue weighted by Crippen LogP contribution is 2.19. The maximum Gasteiger partial charge on any atom is 0.242 e. The fourth-order valence-electron chi connectivity index (χ4n) is 2.73. The molecule has 0 saturated carbocycles. The second-order valence-corrected chi connectivity index (χ2v) is 9.51. The first kappa shape index (κ1) is 23.2. The van der Waals surface area contributed by atoms with E-state index in [1.807, 2.05) is 6.26 Å². The summed E-state index contributed by atoms with van der Waals surface area (Å²) in [5.74, 6) is 0.997. The van der Waals surface area contributed by atoms with Crippen molar-refractivity contribution in [2.75, 3.05) is 27.4 Å². The lowest BCUT2D eigenvalue weighted by molar-refractivity contribution is 0.519. The van der Waals surface area contributed by atoms with Crippen LogP contribution in [0.5, 0.6) is 0 Å². The molecule has 0 heterocycles. The van der Waals surface area contributed by atoms with Crippen LogP contribution in [0.25, 0.3) is 0 Å². The Balaban J connectivity index is 2.08. The highest BCUT2D eigenvalue weighted by Gasteiger charge is 2.20. The van der Waals surface area contributed by atoms with E-state index >= 15 is 0 Å². The molecule has 0 atom stereocenters. The van der Waals surface area contributed by atoms with Gasteiger partial charge in [0.2, 0.25) is 10.0 Å². The number of nitrogens with zero attached hydrogens (tertiary/aromatic N) is 2. The minimum Gasteiger partial charge on any atom is -0.352 e. The zero-order chi connectivity index (χ0) is 21.4. The summed E-state index contributed by atoms with van der Waals surface area (Å²) in [4.78, 5) is 4.45. The number of aliphatic imine (C=N–C) groups is 1. The van der Waals surface area contributed by atoms with Crippen molar-refractivity contribution in [3.05, 3.63) is 65.0 Å². The van der Waals surface area contributed by atoms with Crippen LogP contribution in [0.4, 0.5) is 4.39 Å². The van der Waals surface area contributed by atoms with Gasteiger partial charge in [-0.05, 0) is 41.1 Å². The van der Waals surface area contributed by atoms with Crippen LogP contribution >= 0.6 is 11.8 Å². The molecule has 0 fully saturated rings. The van der Waals surface area contributed by atoms with E-state index in [1.54, 1.807) is 55.2 Å². The summed E-state index contributed by atoms with van der Waals surface area (Å²) in [5.41, 5.74) is 2.57. The minimum atomic E-state index is -3.54. The topological polar surface area (TPSA) is 73.8 Å². The monoisotopic (exact) mass is 438 g/mol. The maximum atomic E-state index is 13.5. The van der Waals surface area contributed by atoms with E-state index in [2.05, 4.69) is 15.6 Å². The molecule has 158 valence electrons. The highest BCUT2D eigenvalue weighted by molar-refractivity contribution is 7.97. The van der Waals surface area contributed by atoms with Gasteiger partial charge in [0.05, 0.1) is 4.90 Å². The summed E-state index contributed by atoms with van der Waals surface area (Å²) in [6.45, 7) is 0.775. The van der Waals surface area contributed by atoms with E-state index in [-0.39, 0.29) is 10.7 Å². The third-order valence-corrected chi connectivity index (χ3v) is 6.83. The van der Waals surface area contributed by atoms with Gasteiger partial charge in [-0.3, -0.25) is 4.99 Å². The average Bonchev–Trinajstić information content (AvgIpc) is 2.69. The first-order valence-corrected chi connectivity index (χ1v) is 11.8. The molecule has 0 unspecified atom stereocenters. The van der Waals surface area contributed by atoms with Crippen LogP contribution < -0.4 is 10.6 Å². The number of sulfonamides is 1. The van der Waals surface area contributed by atoms with E-state index in [1.165, 1.54) is 24.5 Å². The molecule has 0 aliphatic heterocycles. The number of halogens is 1. The molecular formula is C20H27FN4O2S2. The summed E-state index contributed by atoms with van der Waals surface area (Å²) in [7, 11) is 1.12. The van der Waals surface area contributed by atoms with Gasteiger partial charge in [-0.25, -0.2) is 17.1 Å². The molecule has 2 N–H and O–H groups in total. The molecule has 2 aromatic rings. The normalized spacial score (nSPS) is 12.3. The first-order chi connectivity index (χ1) is 13.8. The van der Waals surface area contributed by atoms with Crippen molar-refractivity contribution in [3.63, 3.8) is 0 Å². The largest absolute Gasteiger partial charge is 0.352 e. The second kappa shape index (κ2) is 10.6. The Bertz CT molecular complexity index is 963. The zero-order valence-electron chi connectivity index (χ0n) is 17.1. The van der Waals surface area contributed by atoms with Gasteiger partial charge in [0.25, 0.3) is 0 Å². The third-order valence-electron chi connectivity index (χ3n) is 4.32. The Morgan fingerprint density at radius 2 is 1.72 bits per heavy atom. The molecular weight excluding hydrogens is 411 g/mol. The minimum absolute atomic E-state index is 0.251. The lowest BCUT2D eigenvalue weighted by Gasteiger charge is -2.17. The molecule has 0 aromatic heterocycles. The summed E-state index contributed by atoms with van der Waals surface area (Å²) < 4.78 is 39.8. The van der Waals surface area contributed by atoms with Crippen LogP contribution in [0, 0.1) is 5.82 Å². The number of guanidine groups is 1. The van der Waals surface area contributed by atoms with Gasteiger partial charge in [0, 0.05) is 40.0 Å². The third kappa shape index (κ3) is 6.19. The Morgan fingerprint density at radius 3 is 2.34 bits per heavy atom. The Morgan fingerprint density at radius 1 is 1.07 bits per heavy atom. The van der Waals surface area contributed by atoms with Crippen molar-refractivity contribution in [1.29, 1.82) is 0 Å². The number of nitrogens with one attached hydrogen (secondary N) is 2. The van der Waals surface area contributed by atoms with Crippen molar-refractivity contribution >= 4 is 27.7 Å². The molecule has 2 rings (SSSR count). The van der Waals surface area contributed by atoms with Crippen molar-refractivity contribution in [2.24, 2.45) is 4.99 Å². The highest BCUT2D eigenvalue weighted by atomic mass is 32.2. The number of thioether (sulfide) groups is 1. The molecule has 0 bridgehead atoms. The lowest BCUT2D eigenvalue weighted by atomic mass is 10.1. The molecule has 0 aliphatic carbocycles. The predicted molar refractivity (Wildman–Crippen MR) is 118 cm³/mol. The van der Waals surface area contributed by atoms with Gasteiger partial charge >= 0.3 is 0 Å². The second-order valence-electron chi connectivity index (χ2n) is 6.52. The predicted octanol–water partition coefficient (Wildman–Crippen LogP) is 2.80. The first-order valence-electron chi connectivity index (χ1n) is 9.00. The van der Waals surface area contributed by atoms with Crippen molar-refractivity contribution in [1.82, 2.24) is 14.9 Å². The van der Waals surface area contributed by atoms with Crippen LogP contribution in [-0.2, 0) is 28.9 Å². The van der Waals surface area contributed by atoms with Crippen molar-refractivity contribution in [2.45, 2.75) is 23.7 Å². The van der Waals surface area contributed by atoms with Gasteiger partial charge in [0.1, 0.15) is 5.82 Å². The molecule has 0 amide bonds. The Labute approximate surface area is 176 Å². The van der Waals surface area contributed by atoms with Gasteiger partial charge < -0.3 is 10.6 Å². The Kier molecular flexibility index (Phi) is 8.48. The molecule has 2 aromatic carbocycles. The van der Waals surface area contributed by atoms with Gasteiger partial charge in [-0.15, -0.1) is 0 Å². The van der Waals surface area contributed by atoms with Gasteiger partial charge in [-0.1, -0.05) is 24.3 Å². The van der Waals surface area contributed by atoms with Crippen molar-refractivity contribution in [3.8, 4) is 0 Å². The number of hydrogen-bond acceptors (Lipinski definition) is 4. The van der Waals surface area contributed by atoms with E-state index in [4.69, 9.17) is 0 Å². The van der Waals surface area contributed by atoms with Crippen LogP contribution in [0.1, 0.15) is 16.7 Å². The number of rotatable bonds is 8. The number of benzene rings is 2. The fourth-order valence-corrected chi connectivity index (χ4v) is 4.43. The van der Waals surface area contributed by atoms with Crippen molar-refractivity contribution < 1.29 is 12.8 Å². The quantitative estimate of drug-likeness (QED) is 0.490. The lowest BCUT2D eigenvalue weighted by Crippen LogP contribution is -2.37. The molecule has 9 heteroatoms. The van der Waals surface area contributed by atoms with Gasteiger partial charge in [-0.2, -0.15) is 11.8 Å². The van der Waals surface area contributed by atoms with E-state index in [0.29, 0.717) is 24.6 Å². The zero-order valence-corrected chi connectivity index (χ0v) is 18.7. The molecule has 0 aliphatic rings. The SMILES string of the molecule is CN=C(NCc1ccc(F)cc1CSC)NCc1ccccc1S(=O)(=O)N(C)C. The number of hydrogen-bond donors (Lipinski definition) is 2. The molecule has 0 radical (unpaired) electrons. The van der Waals surface area contributed by atoms with Crippen LogP contribution in [0.2, 0.25) is 0 Å². The van der Waals surface area contributed by atoms with E-state index < -0.39 is 10.0 Å². The summed E-state index contributed by atoms with van der Waals surface area (Å²) >= 11 is 1.63. The fraction of sp³-hybridized carbons (Fsp3) is 0.350. The standard InChI is InChI=1S/C20H27FN4O2S2/c1-22-20(23-12-15-9-10-18(21)11-17(15)14-28-4)24-13-16-7-5-6-8-19(16)29(26,27)25(2)3/h5-11H,12-14H2,1-4H3,(H2,22,23,24). The average molecular weight is 439 g/mol. The smallest absolute Gasteiger partial charge is 0.242 e. The molecule has 29 heavy (non-hydrogen) atoms. The molecule has 6 nitrogen and oxygen atoms in total. The van der Waals surface area contributed by atoms with Crippen LogP contribution in [0.15, 0.2) is 52.4 Å². The molecule has 0 saturated heterocycles. The summed E-state index contributed by atoms with van der Waals surface area (Å²) in [6.07, 6.45) is 1.97.